The lowest BCUT2D eigenvalue weighted by atomic mass is 10.1. The minimum Gasteiger partial charge on any atom is -0.481 e. The van der Waals surface area contributed by atoms with E-state index < -0.39 is 5.97 Å². The van der Waals surface area contributed by atoms with E-state index >= 15 is 0 Å². The first kappa shape index (κ1) is 8.87. The van der Waals surface area contributed by atoms with Crippen LogP contribution in [-0.2, 0) is 4.79 Å². The molecular formula is C8H12N2O2S. The molecule has 0 aliphatic carbocycles. The Balaban J connectivity index is 1.94. The number of carboxylic acids is 1. The molecular weight excluding hydrogens is 188 g/mol. The molecule has 2 heterocycles. The molecule has 1 atom stereocenters. The molecule has 1 unspecified atom stereocenters. The van der Waals surface area contributed by atoms with Gasteiger partial charge in [-0.05, 0) is 6.42 Å². The molecule has 0 bridgehead atoms. The molecule has 0 aromatic carbocycles. The summed E-state index contributed by atoms with van der Waals surface area (Å²) >= 11 is 1.74. The molecule has 0 aromatic heterocycles. The molecule has 5 heteroatoms. The van der Waals surface area contributed by atoms with E-state index in [0.717, 1.165) is 30.4 Å². The molecule has 0 amide bonds. The van der Waals surface area contributed by atoms with Crippen molar-refractivity contribution in [3.63, 3.8) is 0 Å². The van der Waals surface area contributed by atoms with Crippen LogP contribution < -0.4 is 0 Å². The van der Waals surface area contributed by atoms with Gasteiger partial charge >= 0.3 is 5.97 Å². The highest BCUT2D eigenvalue weighted by molar-refractivity contribution is 8.14. The maximum Gasteiger partial charge on any atom is 0.308 e. The van der Waals surface area contributed by atoms with Gasteiger partial charge < -0.3 is 10.0 Å². The Hall–Kier alpha value is -0.710. The lowest BCUT2D eigenvalue weighted by Gasteiger charge is -2.15. The fourth-order valence-corrected chi connectivity index (χ4v) is 2.55. The minimum absolute atomic E-state index is 0.191. The molecule has 0 spiro atoms. The molecule has 0 aromatic rings. The van der Waals surface area contributed by atoms with Crippen molar-refractivity contribution in [1.29, 1.82) is 0 Å². The van der Waals surface area contributed by atoms with Crippen LogP contribution in [0.4, 0.5) is 0 Å². The lowest BCUT2D eigenvalue weighted by Crippen LogP contribution is -2.26. The van der Waals surface area contributed by atoms with Gasteiger partial charge in [-0.3, -0.25) is 9.79 Å². The van der Waals surface area contributed by atoms with Gasteiger partial charge in [0.05, 0.1) is 12.5 Å². The molecule has 2 rings (SSSR count). The monoisotopic (exact) mass is 200 g/mol. The van der Waals surface area contributed by atoms with Crippen molar-refractivity contribution in [1.82, 2.24) is 4.90 Å². The summed E-state index contributed by atoms with van der Waals surface area (Å²) in [6.45, 7) is 2.37. The molecule has 2 aliphatic rings. The summed E-state index contributed by atoms with van der Waals surface area (Å²) in [5.74, 6) is 0.179. The zero-order chi connectivity index (χ0) is 9.26. The van der Waals surface area contributed by atoms with Crippen molar-refractivity contribution in [2.75, 3.05) is 25.4 Å². The summed E-state index contributed by atoms with van der Waals surface area (Å²) < 4.78 is 0. The topological polar surface area (TPSA) is 52.9 Å². The van der Waals surface area contributed by atoms with Gasteiger partial charge in [0, 0.05) is 18.8 Å². The first-order valence-electron chi connectivity index (χ1n) is 4.42. The van der Waals surface area contributed by atoms with Crippen LogP contribution in [0.2, 0.25) is 0 Å². The van der Waals surface area contributed by atoms with E-state index in [2.05, 4.69) is 9.89 Å². The third-order valence-corrected chi connectivity index (χ3v) is 3.41. The summed E-state index contributed by atoms with van der Waals surface area (Å²) in [4.78, 5) is 17.1. The van der Waals surface area contributed by atoms with E-state index in [1.165, 1.54) is 0 Å². The fourth-order valence-electron chi connectivity index (χ4n) is 1.65. The first-order valence-corrected chi connectivity index (χ1v) is 5.41. The molecule has 2 aliphatic heterocycles. The highest BCUT2D eigenvalue weighted by Gasteiger charge is 2.30. The Morgan fingerprint density at radius 1 is 1.69 bits per heavy atom. The molecule has 1 fully saturated rings. The van der Waals surface area contributed by atoms with Crippen LogP contribution >= 0.6 is 11.8 Å². The highest BCUT2D eigenvalue weighted by Crippen LogP contribution is 2.23. The van der Waals surface area contributed by atoms with Crippen LogP contribution in [0, 0.1) is 5.92 Å². The molecule has 4 nitrogen and oxygen atoms in total. The predicted octanol–water partition coefficient (Wildman–Crippen LogP) is 0.496. The number of rotatable bonds is 1. The smallest absolute Gasteiger partial charge is 0.308 e. The van der Waals surface area contributed by atoms with Gasteiger partial charge in [0.1, 0.15) is 0 Å². The Bertz CT molecular complexity index is 255. The molecule has 72 valence electrons. The predicted molar refractivity (Wildman–Crippen MR) is 52.1 cm³/mol. The Morgan fingerprint density at radius 2 is 2.54 bits per heavy atom. The van der Waals surface area contributed by atoms with E-state index in [4.69, 9.17) is 5.11 Å². The number of carbonyl (C=O) groups is 1. The number of nitrogens with zero attached hydrogens (tertiary/aromatic N) is 2. The molecule has 0 radical (unpaired) electrons. The number of amidine groups is 1. The Morgan fingerprint density at radius 3 is 3.08 bits per heavy atom. The average molecular weight is 200 g/mol. The molecule has 1 saturated heterocycles. The summed E-state index contributed by atoms with van der Waals surface area (Å²) in [6.07, 6.45) is 0.759. The minimum atomic E-state index is -0.675. The van der Waals surface area contributed by atoms with Crippen LogP contribution in [0.3, 0.4) is 0 Å². The second kappa shape index (κ2) is 3.57. The molecule has 0 saturated carbocycles. The molecule has 13 heavy (non-hydrogen) atoms. The number of aliphatic imine (C=N–C) groups is 1. The maximum absolute atomic E-state index is 10.7. The van der Waals surface area contributed by atoms with E-state index in [1.54, 1.807) is 11.8 Å². The third-order valence-electron chi connectivity index (χ3n) is 2.38. The largest absolute Gasteiger partial charge is 0.481 e. The Kier molecular flexibility index (Phi) is 2.44. The van der Waals surface area contributed by atoms with Crippen molar-refractivity contribution < 1.29 is 9.90 Å². The normalized spacial score (nSPS) is 27.8. The van der Waals surface area contributed by atoms with Crippen LogP contribution in [0.25, 0.3) is 0 Å². The quantitative estimate of drug-likeness (QED) is 0.669. The summed E-state index contributed by atoms with van der Waals surface area (Å²) in [5, 5.41) is 9.85. The summed E-state index contributed by atoms with van der Waals surface area (Å²) in [6, 6.07) is 0. The van der Waals surface area contributed by atoms with Gasteiger partial charge in [-0.2, -0.15) is 0 Å². The van der Waals surface area contributed by atoms with Gasteiger partial charge in [0.15, 0.2) is 5.17 Å². The van der Waals surface area contributed by atoms with E-state index in [9.17, 15) is 4.79 Å². The summed E-state index contributed by atoms with van der Waals surface area (Å²) in [7, 11) is 0. The van der Waals surface area contributed by atoms with Crippen molar-refractivity contribution in [2.24, 2.45) is 10.9 Å². The molecule has 1 N–H and O–H groups in total. The summed E-state index contributed by atoms with van der Waals surface area (Å²) in [5.41, 5.74) is 0. The highest BCUT2D eigenvalue weighted by atomic mass is 32.2. The van der Waals surface area contributed by atoms with Crippen molar-refractivity contribution in [3.8, 4) is 0 Å². The second-order valence-corrected chi connectivity index (χ2v) is 4.34. The number of aliphatic carboxylic acids is 1. The zero-order valence-corrected chi connectivity index (χ0v) is 8.09. The van der Waals surface area contributed by atoms with Crippen molar-refractivity contribution >= 4 is 22.9 Å². The average Bonchev–Trinajstić information content (AvgIpc) is 2.75. The number of thioether (sulfide) groups is 1. The number of carboxylic acid groups (broad SMARTS) is 1. The lowest BCUT2D eigenvalue weighted by molar-refractivity contribution is -0.141. The van der Waals surface area contributed by atoms with Crippen LogP contribution in [-0.4, -0.2) is 46.5 Å². The van der Waals surface area contributed by atoms with Gasteiger partial charge in [0.25, 0.3) is 0 Å². The van der Waals surface area contributed by atoms with Crippen LogP contribution in [0.15, 0.2) is 4.99 Å². The number of hydrogen-bond donors (Lipinski definition) is 1. The van der Waals surface area contributed by atoms with Gasteiger partial charge in [0.2, 0.25) is 0 Å². The van der Waals surface area contributed by atoms with Gasteiger partial charge in [-0.25, -0.2) is 0 Å². The van der Waals surface area contributed by atoms with Crippen LogP contribution in [0.1, 0.15) is 6.42 Å². The maximum atomic E-state index is 10.7. The van der Waals surface area contributed by atoms with Gasteiger partial charge in [-0.1, -0.05) is 11.8 Å². The number of likely N-dealkylation sites (tertiary alicyclic amines) is 1. The number of hydrogen-bond acceptors (Lipinski definition) is 4. The SMILES string of the molecule is O=C(O)C1CCN(C2=NCCS2)C1. The first-order chi connectivity index (χ1) is 6.27. The zero-order valence-electron chi connectivity index (χ0n) is 7.27. The van der Waals surface area contributed by atoms with Gasteiger partial charge in [-0.15, -0.1) is 0 Å². The Labute approximate surface area is 81.0 Å². The van der Waals surface area contributed by atoms with Crippen LogP contribution in [0.5, 0.6) is 0 Å². The van der Waals surface area contributed by atoms with E-state index in [0.29, 0.717) is 6.54 Å². The van der Waals surface area contributed by atoms with Crippen molar-refractivity contribution in [3.05, 3.63) is 0 Å². The second-order valence-electron chi connectivity index (χ2n) is 3.28. The standard InChI is InChI=1S/C8H12N2O2S/c11-7(12)6-1-3-10(5-6)8-9-2-4-13-8/h6H,1-5H2,(H,11,12). The fraction of sp³-hybridized carbons (Fsp3) is 0.750. The van der Waals surface area contributed by atoms with E-state index in [-0.39, 0.29) is 5.92 Å². The van der Waals surface area contributed by atoms with E-state index in [1.807, 2.05) is 0 Å². The van der Waals surface area contributed by atoms with Crippen molar-refractivity contribution in [2.45, 2.75) is 6.42 Å². The third kappa shape index (κ3) is 1.80.